The van der Waals surface area contributed by atoms with E-state index in [1.54, 1.807) is 6.07 Å². The van der Waals surface area contributed by atoms with Crippen LogP contribution >= 0.6 is 11.6 Å². The van der Waals surface area contributed by atoms with Gasteiger partial charge < -0.3 is 5.32 Å². The van der Waals surface area contributed by atoms with Crippen LogP contribution in [0.25, 0.3) is 0 Å². The zero-order valence-corrected chi connectivity index (χ0v) is 8.11. The van der Waals surface area contributed by atoms with Gasteiger partial charge in [0.25, 0.3) is 0 Å². The number of rotatable bonds is 2. The van der Waals surface area contributed by atoms with Gasteiger partial charge >= 0.3 is 0 Å². The first-order chi connectivity index (χ1) is 7.04. The van der Waals surface area contributed by atoms with Crippen LogP contribution in [0, 0.1) is 23.0 Å². The molecule has 0 saturated carbocycles. The highest BCUT2D eigenvalue weighted by Gasteiger charge is 2.11. The first kappa shape index (κ1) is 11.4. The summed E-state index contributed by atoms with van der Waals surface area (Å²) in [6.45, 7) is 0. The standard InChI is InChI=1S/C9H5ClF2N2O/c10-9-6(12)3-5(11)4-7(9)14-8(15)1-2-13/h3-4H,1H2,(H,14,15). The fourth-order valence-electron chi connectivity index (χ4n) is 0.913. The molecule has 15 heavy (non-hydrogen) atoms. The number of amides is 1. The number of benzene rings is 1. The number of carbonyl (C=O) groups is 1. The fraction of sp³-hybridized carbons (Fsp3) is 0.111. The highest BCUT2D eigenvalue weighted by atomic mass is 35.5. The Balaban J connectivity index is 2.95. The summed E-state index contributed by atoms with van der Waals surface area (Å²) in [4.78, 5) is 11.0. The molecule has 6 heteroatoms. The molecule has 1 N–H and O–H groups in total. The normalized spacial score (nSPS) is 9.47. The maximum Gasteiger partial charge on any atom is 0.238 e. The van der Waals surface area contributed by atoms with Gasteiger partial charge in [-0.25, -0.2) is 8.78 Å². The Hall–Kier alpha value is -1.67. The second-order valence-electron chi connectivity index (χ2n) is 2.63. The maximum absolute atomic E-state index is 12.9. The Labute approximate surface area is 89.3 Å². The van der Waals surface area contributed by atoms with E-state index in [-0.39, 0.29) is 10.7 Å². The molecule has 0 spiro atoms. The van der Waals surface area contributed by atoms with Crippen molar-refractivity contribution >= 4 is 23.2 Å². The quantitative estimate of drug-likeness (QED) is 0.794. The fourth-order valence-corrected chi connectivity index (χ4v) is 1.07. The maximum atomic E-state index is 12.9. The van der Waals surface area contributed by atoms with E-state index in [0.29, 0.717) is 6.07 Å². The summed E-state index contributed by atoms with van der Waals surface area (Å²) < 4.78 is 25.6. The minimum Gasteiger partial charge on any atom is -0.324 e. The molecular weight excluding hydrogens is 226 g/mol. The van der Waals surface area contributed by atoms with E-state index in [1.165, 1.54) is 0 Å². The second kappa shape index (κ2) is 4.71. The lowest BCUT2D eigenvalue weighted by molar-refractivity contribution is -0.115. The zero-order chi connectivity index (χ0) is 11.4. The van der Waals surface area contributed by atoms with E-state index < -0.39 is 24.0 Å². The topological polar surface area (TPSA) is 52.9 Å². The molecule has 3 nitrogen and oxygen atoms in total. The molecule has 0 bridgehead atoms. The van der Waals surface area contributed by atoms with Gasteiger partial charge in [0.05, 0.1) is 11.8 Å². The van der Waals surface area contributed by atoms with Crippen LogP contribution in [0.2, 0.25) is 5.02 Å². The first-order valence-corrected chi connectivity index (χ1v) is 4.23. The van der Waals surface area contributed by atoms with Gasteiger partial charge in [-0.05, 0) is 6.07 Å². The third-order valence-corrected chi connectivity index (χ3v) is 1.89. The van der Waals surface area contributed by atoms with Crippen molar-refractivity contribution in [2.45, 2.75) is 6.42 Å². The Kier molecular flexibility index (Phi) is 3.58. The van der Waals surface area contributed by atoms with Gasteiger partial charge in [0.1, 0.15) is 23.1 Å². The van der Waals surface area contributed by atoms with Crippen LogP contribution in [-0.4, -0.2) is 5.91 Å². The van der Waals surface area contributed by atoms with Gasteiger partial charge in [0.15, 0.2) is 0 Å². The number of hydrogen-bond acceptors (Lipinski definition) is 2. The van der Waals surface area contributed by atoms with Crippen molar-refractivity contribution in [3.8, 4) is 6.07 Å². The summed E-state index contributed by atoms with van der Waals surface area (Å²) in [7, 11) is 0. The molecule has 0 aliphatic heterocycles. The van der Waals surface area contributed by atoms with E-state index in [1.807, 2.05) is 0 Å². The SMILES string of the molecule is N#CCC(=O)Nc1cc(F)cc(F)c1Cl. The molecule has 0 aliphatic carbocycles. The van der Waals surface area contributed by atoms with Crippen LogP contribution in [-0.2, 0) is 4.79 Å². The van der Waals surface area contributed by atoms with Crippen molar-refractivity contribution in [2.24, 2.45) is 0 Å². The van der Waals surface area contributed by atoms with E-state index in [0.717, 1.165) is 6.07 Å². The van der Waals surface area contributed by atoms with Gasteiger partial charge in [-0.2, -0.15) is 5.26 Å². The van der Waals surface area contributed by atoms with Gasteiger partial charge in [-0.15, -0.1) is 0 Å². The third-order valence-electron chi connectivity index (χ3n) is 1.51. The van der Waals surface area contributed by atoms with Crippen molar-refractivity contribution in [3.63, 3.8) is 0 Å². The summed E-state index contributed by atoms with van der Waals surface area (Å²) in [5, 5.41) is 9.93. The van der Waals surface area contributed by atoms with Gasteiger partial charge in [-0.1, -0.05) is 11.6 Å². The molecule has 0 atom stereocenters. The van der Waals surface area contributed by atoms with Crippen LogP contribution < -0.4 is 5.32 Å². The molecule has 0 aromatic heterocycles. The van der Waals surface area contributed by atoms with E-state index in [9.17, 15) is 13.6 Å². The molecule has 0 unspecified atom stereocenters. The van der Waals surface area contributed by atoms with Crippen molar-refractivity contribution in [1.82, 2.24) is 0 Å². The largest absolute Gasteiger partial charge is 0.324 e. The molecule has 78 valence electrons. The van der Waals surface area contributed by atoms with Crippen molar-refractivity contribution < 1.29 is 13.6 Å². The third kappa shape index (κ3) is 2.89. The number of halogens is 3. The predicted molar refractivity (Wildman–Crippen MR) is 50.2 cm³/mol. The monoisotopic (exact) mass is 230 g/mol. The second-order valence-corrected chi connectivity index (χ2v) is 3.01. The van der Waals surface area contributed by atoms with Crippen LogP contribution in [0.4, 0.5) is 14.5 Å². The molecular formula is C9H5ClF2N2O. The highest BCUT2D eigenvalue weighted by Crippen LogP contribution is 2.26. The molecule has 1 amide bonds. The number of hydrogen-bond donors (Lipinski definition) is 1. The minimum atomic E-state index is -0.969. The van der Waals surface area contributed by atoms with Crippen LogP contribution in [0.15, 0.2) is 12.1 Å². The average Bonchev–Trinajstić information content (AvgIpc) is 2.13. The molecule has 0 heterocycles. The molecule has 1 rings (SSSR count). The summed E-state index contributed by atoms with van der Waals surface area (Å²) in [6.07, 6.45) is -0.408. The van der Waals surface area contributed by atoms with Crippen LogP contribution in [0.1, 0.15) is 6.42 Å². The minimum absolute atomic E-state index is 0.186. The lowest BCUT2D eigenvalue weighted by atomic mass is 10.3. The molecule has 1 aromatic rings. The summed E-state index contributed by atoms with van der Waals surface area (Å²) in [5.41, 5.74) is -0.186. The van der Waals surface area contributed by atoms with Gasteiger partial charge in [-0.3, -0.25) is 4.79 Å². The van der Waals surface area contributed by atoms with E-state index in [2.05, 4.69) is 5.32 Å². The zero-order valence-electron chi connectivity index (χ0n) is 7.35. The molecule has 1 aromatic carbocycles. The number of anilines is 1. The molecule has 0 saturated heterocycles. The molecule has 0 fully saturated rings. The number of carbonyl (C=O) groups excluding carboxylic acids is 1. The number of nitrogens with one attached hydrogen (secondary N) is 1. The van der Waals surface area contributed by atoms with Crippen LogP contribution in [0.5, 0.6) is 0 Å². The Bertz CT molecular complexity index is 442. The van der Waals surface area contributed by atoms with E-state index >= 15 is 0 Å². The van der Waals surface area contributed by atoms with Gasteiger partial charge in [0, 0.05) is 6.07 Å². The summed E-state index contributed by atoms with van der Waals surface area (Å²) in [6, 6.07) is 3.07. The Morgan fingerprint density at radius 3 is 2.80 bits per heavy atom. The molecule has 0 radical (unpaired) electrons. The van der Waals surface area contributed by atoms with Crippen molar-refractivity contribution in [2.75, 3.05) is 5.32 Å². The lowest BCUT2D eigenvalue weighted by Gasteiger charge is -2.05. The van der Waals surface area contributed by atoms with E-state index in [4.69, 9.17) is 16.9 Å². The smallest absolute Gasteiger partial charge is 0.238 e. The van der Waals surface area contributed by atoms with Gasteiger partial charge in [0.2, 0.25) is 5.91 Å². The summed E-state index contributed by atoms with van der Waals surface area (Å²) in [5.74, 6) is -2.50. The van der Waals surface area contributed by atoms with Crippen molar-refractivity contribution in [1.29, 1.82) is 5.26 Å². The first-order valence-electron chi connectivity index (χ1n) is 3.86. The average molecular weight is 231 g/mol. The highest BCUT2D eigenvalue weighted by molar-refractivity contribution is 6.33. The Morgan fingerprint density at radius 2 is 2.20 bits per heavy atom. The van der Waals surface area contributed by atoms with Crippen molar-refractivity contribution in [3.05, 3.63) is 28.8 Å². The summed E-state index contributed by atoms with van der Waals surface area (Å²) >= 11 is 5.47. The Morgan fingerprint density at radius 1 is 1.53 bits per heavy atom. The predicted octanol–water partition coefficient (Wildman–Crippen LogP) is 2.47. The number of nitriles is 1. The van der Waals surface area contributed by atoms with Crippen LogP contribution in [0.3, 0.4) is 0 Å². The number of nitrogens with zero attached hydrogens (tertiary/aromatic N) is 1. The lowest BCUT2D eigenvalue weighted by Crippen LogP contribution is -2.11. The molecule has 0 aliphatic rings.